The number of hydrogen-bond donors (Lipinski definition) is 1. The van der Waals surface area contributed by atoms with E-state index in [1.165, 1.54) is 6.07 Å². The number of rotatable bonds is 1. The molecule has 0 amide bonds. The molecule has 1 aromatic heterocycles. The second-order valence-corrected chi connectivity index (χ2v) is 4.33. The van der Waals surface area contributed by atoms with Crippen molar-refractivity contribution in [2.24, 2.45) is 0 Å². The van der Waals surface area contributed by atoms with Crippen molar-refractivity contribution in [3.8, 4) is 5.69 Å². The maximum atomic E-state index is 13.2. The standard InChI is InChI=1S/C9H7BrFN3S/c1-5-2-7(11)6(10)3-8(5)14-4-12-13-9(14)15/h2-4H,1H3,(H,13,15). The molecule has 3 nitrogen and oxygen atoms in total. The van der Waals surface area contributed by atoms with E-state index in [0.29, 0.717) is 9.24 Å². The lowest BCUT2D eigenvalue weighted by Crippen LogP contribution is -1.97. The maximum absolute atomic E-state index is 13.2. The zero-order valence-electron chi connectivity index (χ0n) is 7.79. The first-order chi connectivity index (χ1) is 7.09. The Hall–Kier alpha value is -1.01. The zero-order valence-corrected chi connectivity index (χ0v) is 10.2. The van der Waals surface area contributed by atoms with Crippen molar-refractivity contribution in [1.29, 1.82) is 0 Å². The van der Waals surface area contributed by atoms with Crippen molar-refractivity contribution in [2.75, 3.05) is 0 Å². The first kappa shape index (κ1) is 10.5. The molecule has 2 aromatic rings. The van der Waals surface area contributed by atoms with Gasteiger partial charge in [-0.3, -0.25) is 9.67 Å². The van der Waals surface area contributed by atoms with Gasteiger partial charge in [0.2, 0.25) is 0 Å². The lowest BCUT2D eigenvalue weighted by molar-refractivity contribution is 0.619. The Labute approximate surface area is 99.1 Å². The van der Waals surface area contributed by atoms with Crippen LogP contribution in [0.5, 0.6) is 0 Å². The summed E-state index contributed by atoms with van der Waals surface area (Å²) in [5.74, 6) is -0.286. The minimum atomic E-state index is -0.286. The molecule has 15 heavy (non-hydrogen) atoms. The van der Waals surface area contributed by atoms with Crippen LogP contribution >= 0.6 is 28.1 Å². The first-order valence-corrected chi connectivity index (χ1v) is 5.38. The lowest BCUT2D eigenvalue weighted by Gasteiger charge is -2.07. The molecule has 78 valence electrons. The highest BCUT2D eigenvalue weighted by molar-refractivity contribution is 9.10. The predicted octanol–water partition coefficient (Wildman–Crippen LogP) is 3.14. The van der Waals surface area contributed by atoms with Gasteiger partial charge in [0.1, 0.15) is 12.1 Å². The van der Waals surface area contributed by atoms with Crippen LogP contribution in [0.2, 0.25) is 0 Å². The van der Waals surface area contributed by atoms with E-state index in [9.17, 15) is 4.39 Å². The highest BCUT2D eigenvalue weighted by atomic mass is 79.9. The molecule has 1 N–H and O–H groups in total. The summed E-state index contributed by atoms with van der Waals surface area (Å²) >= 11 is 8.18. The van der Waals surface area contributed by atoms with Gasteiger partial charge >= 0.3 is 0 Å². The molecule has 0 aliphatic rings. The monoisotopic (exact) mass is 287 g/mol. The van der Waals surface area contributed by atoms with Crippen molar-refractivity contribution >= 4 is 28.1 Å². The Balaban J connectivity index is 2.69. The Morgan fingerprint density at radius 1 is 1.53 bits per heavy atom. The third-order valence-corrected chi connectivity index (χ3v) is 2.95. The maximum Gasteiger partial charge on any atom is 0.199 e. The molecular weight excluding hydrogens is 281 g/mol. The number of benzene rings is 1. The van der Waals surface area contributed by atoms with Crippen molar-refractivity contribution in [1.82, 2.24) is 14.8 Å². The molecule has 6 heteroatoms. The van der Waals surface area contributed by atoms with Crippen molar-refractivity contribution in [3.63, 3.8) is 0 Å². The number of nitrogens with zero attached hydrogens (tertiary/aromatic N) is 2. The second-order valence-electron chi connectivity index (χ2n) is 3.08. The molecule has 0 aliphatic heterocycles. The summed E-state index contributed by atoms with van der Waals surface area (Å²) in [4.78, 5) is 0. The molecule has 0 fully saturated rings. The molecule has 1 heterocycles. The van der Waals surface area contributed by atoms with Crippen LogP contribution in [0.25, 0.3) is 5.69 Å². The van der Waals surface area contributed by atoms with Crippen LogP contribution in [-0.2, 0) is 0 Å². The number of aromatic amines is 1. The van der Waals surface area contributed by atoms with Crippen LogP contribution in [0.3, 0.4) is 0 Å². The minimum Gasteiger partial charge on any atom is -0.274 e. The van der Waals surface area contributed by atoms with Crippen LogP contribution in [0.4, 0.5) is 4.39 Å². The van der Waals surface area contributed by atoms with Gasteiger partial charge in [-0.1, -0.05) is 0 Å². The Morgan fingerprint density at radius 2 is 2.27 bits per heavy atom. The van der Waals surface area contributed by atoms with E-state index in [1.807, 2.05) is 6.92 Å². The summed E-state index contributed by atoms with van der Waals surface area (Å²) in [5, 5.41) is 6.46. The Morgan fingerprint density at radius 3 is 2.87 bits per heavy atom. The summed E-state index contributed by atoms with van der Waals surface area (Å²) < 4.78 is 15.8. The molecule has 0 unspecified atom stereocenters. The van der Waals surface area contributed by atoms with Crippen molar-refractivity contribution in [2.45, 2.75) is 6.92 Å². The number of H-pyrrole nitrogens is 1. The van der Waals surface area contributed by atoms with Crippen LogP contribution in [-0.4, -0.2) is 14.8 Å². The highest BCUT2D eigenvalue weighted by Gasteiger charge is 2.07. The molecule has 0 bridgehead atoms. The SMILES string of the molecule is Cc1cc(F)c(Br)cc1-n1cn[nH]c1=S. The molecule has 0 saturated carbocycles. The average Bonchev–Trinajstić information content (AvgIpc) is 2.58. The van der Waals surface area contributed by atoms with E-state index >= 15 is 0 Å². The second kappa shape index (κ2) is 3.86. The van der Waals surface area contributed by atoms with Crippen molar-refractivity contribution in [3.05, 3.63) is 39.1 Å². The van der Waals surface area contributed by atoms with Gasteiger partial charge in [0.05, 0.1) is 10.2 Å². The molecule has 2 rings (SSSR count). The Bertz CT molecular complexity index is 561. The van der Waals surface area contributed by atoms with E-state index in [4.69, 9.17) is 12.2 Å². The average molecular weight is 288 g/mol. The minimum absolute atomic E-state index is 0.286. The van der Waals surface area contributed by atoms with Crippen molar-refractivity contribution < 1.29 is 4.39 Å². The molecule has 0 saturated heterocycles. The van der Waals surface area contributed by atoms with Crippen LogP contribution in [0.15, 0.2) is 22.9 Å². The first-order valence-electron chi connectivity index (χ1n) is 4.17. The van der Waals surface area contributed by atoms with Gasteiger partial charge in [-0.2, -0.15) is 5.10 Å². The fraction of sp³-hybridized carbons (Fsp3) is 0.111. The number of nitrogens with one attached hydrogen (secondary N) is 1. The molecular formula is C9H7BrFN3S. The van der Waals surface area contributed by atoms with Crippen LogP contribution in [0, 0.1) is 17.5 Å². The quantitative estimate of drug-likeness (QED) is 0.818. The summed E-state index contributed by atoms with van der Waals surface area (Å²) in [6.45, 7) is 1.82. The zero-order chi connectivity index (χ0) is 11.0. The van der Waals surface area contributed by atoms with Gasteiger partial charge in [0.15, 0.2) is 4.77 Å². The summed E-state index contributed by atoms with van der Waals surface area (Å²) in [5.41, 5.74) is 1.61. The van der Waals surface area contributed by atoms with E-state index in [1.54, 1.807) is 17.0 Å². The van der Waals surface area contributed by atoms with Gasteiger partial charge in [-0.15, -0.1) is 0 Å². The van der Waals surface area contributed by atoms with Crippen LogP contribution < -0.4 is 0 Å². The van der Waals surface area contributed by atoms with E-state index in [-0.39, 0.29) is 5.82 Å². The normalized spacial score (nSPS) is 10.6. The fourth-order valence-electron chi connectivity index (χ4n) is 1.32. The number of hydrogen-bond acceptors (Lipinski definition) is 2. The van der Waals surface area contributed by atoms with Gasteiger partial charge in [-0.25, -0.2) is 4.39 Å². The van der Waals surface area contributed by atoms with Gasteiger partial charge in [-0.05, 0) is 52.8 Å². The fourth-order valence-corrected chi connectivity index (χ4v) is 1.84. The summed E-state index contributed by atoms with van der Waals surface area (Å²) in [6, 6.07) is 3.13. The van der Waals surface area contributed by atoms with Gasteiger partial charge in [0.25, 0.3) is 0 Å². The smallest absolute Gasteiger partial charge is 0.199 e. The summed E-state index contributed by atoms with van der Waals surface area (Å²) in [6.07, 6.45) is 1.56. The topological polar surface area (TPSA) is 33.6 Å². The number of aromatic nitrogens is 3. The molecule has 0 aliphatic carbocycles. The predicted molar refractivity (Wildman–Crippen MR) is 61.1 cm³/mol. The van der Waals surface area contributed by atoms with Gasteiger partial charge < -0.3 is 0 Å². The third kappa shape index (κ3) is 1.87. The van der Waals surface area contributed by atoms with E-state index in [2.05, 4.69) is 26.1 Å². The number of aryl methyl sites for hydroxylation is 1. The largest absolute Gasteiger partial charge is 0.274 e. The van der Waals surface area contributed by atoms with Crippen LogP contribution in [0.1, 0.15) is 5.56 Å². The lowest BCUT2D eigenvalue weighted by atomic mass is 10.2. The van der Waals surface area contributed by atoms with Gasteiger partial charge in [0, 0.05) is 0 Å². The molecule has 0 spiro atoms. The third-order valence-electron chi connectivity index (χ3n) is 2.05. The highest BCUT2D eigenvalue weighted by Crippen LogP contribution is 2.23. The Kier molecular flexibility index (Phi) is 2.70. The number of halogens is 2. The molecule has 0 radical (unpaired) electrons. The summed E-state index contributed by atoms with van der Waals surface area (Å²) in [7, 11) is 0. The van der Waals surface area contributed by atoms with E-state index < -0.39 is 0 Å². The molecule has 0 atom stereocenters. The van der Waals surface area contributed by atoms with E-state index in [0.717, 1.165) is 11.3 Å². The molecule has 1 aromatic carbocycles.